The minimum Gasteiger partial charge on any atom is -0.495 e. The summed E-state index contributed by atoms with van der Waals surface area (Å²) < 4.78 is 10.1. The fourth-order valence-electron chi connectivity index (χ4n) is 1.92. The van der Waals surface area contributed by atoms with Crippen LogP contribution in [0.15, 0.2) is 18.2 Å². The molecule has 6 nitrogen and oxygen atoms in total. The van der Waals surface area contributed by atoms with Gasteiger partial charge in [0, 0.05) is 19.0 Å². The highest BCUT2D eigenvalue weighted by Crippen LogP contribution is 2.29. The van der Waals surface area contributed by atoms with E-state index < -0.39 is 0 Å². The van der Waals surface area contributed by atoms with Crippen molar-refractivity contribution >= 4 is 23.3 Å². The zero-order chi connectivity index (χ0) is 13.8. The second-order valence-corrected chi connectivity index (χ2v) is 4.25. The van der Waals surface area contributed by atoms with Crippen molar-refractivity contribution in [2.75, 3.05) is 24.4 Å². The van der Waals surface area contributed by atoms with Crippen LogP contribution in [0.2, 0.25) is 0 Å². The summed E-state index contributed by atoms with van der Waals surface area (Å²) in [5.41, 5.74) is 1.29. The maximum Gasteiger partial charge on any atom is 0.328 e. The highest BCUT2D eigenvalue weighted by Gasteiger charge is 2.27. The van der Waals surface area contributed by atoms with Gasteiger partial charge in [0.25, 0.3) is 0 Å². The Hall–Kier alpha value is -2.24. The summed E-state index contributed by atoms with van der Waals surface area (Å²) in [5, 5.41) is 5.75. The normalized spacial score (nSPS) is 17.8. The van der Waals surface area contributed by atoms with Gasteiger partial charge in [-0.2, -0.15) is 0 Å². The summed E-state index contributed by atoms with van der Waals surface area (Å²) >= 11 is 0. The SMILES string of the molecule is COc1ccc(NC(C)=O)cc1NC1CCOC1=O. The van der Waals surface area contributed by atoms with E-state index in [1.807, 2.05) is 0 Å². The Balaban J connectivity index is 2.20. The van der Waals surface area contributed by atoms with Crippen molar-refractivity contribution in [3.05, 3.63) is 18.2 Å². The lowest BCUT2D eigenvalue weighted by Crippen LogP contribution is -2.24. The van der Waals surface area contributed by atoms with Crippen LogP contribution in [0.1, 0.15) is 13.3 Å². The van der Waals surface area contributed by atoms with Crippen LogP contribution in [0, 0.1) is 0 Å². The van der Waals surface area contributed by atoms with E-state index in [2.05, 4.69) is 10.6 Å². The summed E-state index contributed by atoms with van der Waals surface area (Å²) in [6, 6.07) is 4.82. The molecule has 1 unspecified atom stereocenters. The Kier molecular flexibility index (Phi) is 3.89. The smallest absolute Gasteiger partial charge is 0.328 e. The molecule has 1 heterocycles. The number of carbonyl (C=O) groups excluding carboxylic acids is 2. The van der Waals surface area contributed by atoms with Crippen LogP contribution in [-0.2, 0) is 14.3 Å². The molecule has 1 atom stereocenters. The number of esters is 1. The van der Waals surface area contributed by atoms with Crippen molar-refractivity contribution in [1.29, 1.82) is 0 Å². The van der Waals surface area contributed by atoms with E-state index in [0.717, 1.165) is 0 Å². The molecule has 1 amide bonds. The standard InChI is InChI=1S/C13H16N2O4/c1-8(16)14-9-3-4-12(18-2)11(7-9)15-10-5-6-19-13(10)17/h3-4,7,10,15H,5-6H2,1-2H3,(H,14,16). The maximum atomic E-state index is 11.4. The zero-order valence-corrected chi connectivity index (χ0v) is 10.9. The highest BCUT2D eigenvalue weighted by molar-refractivity contribution is 5.90. The minimum absolute atomic E-state index is 0.156. The molecule has 6 heteroatoms. The molecule has 2 N–H and O–H groups in total. The number of hydrogen-bond donors (Lipinski definition) is 2. The highest BCUT2D eigenvalue weighted by atomic mass is 16.5. The van der Waals surface area contributed by atoms with E-state index in [0.29, 0.717) is 30.2 Å². The predicted molar refractivity (Wildman–Crippen MR) is 70.3 cm³/mol. The molecule has 1 aromatic carbocycles. The minimum atomic E-state index is -0.374. The van der Waals surface area contributed by atoms with Crippen molar-refractivity contribution in [2.45, 2.75) is 19.4 Å². The van der Waals surface area contributed by atoms with Crippen LogP contribution in [-0.4, -0.2) is 31.6 Å². The van der Waals surface area contributed by atoms with Gasteiger partial charge in [-0.1, -0.05) is 0 Å². The molecule has 1 aliphatic heterocycles. The number of nitrogens with one attached hydrogen (secondary N) is 2. The Morgan fingerprint density at radius 2 is 2.26 bits per heavy atom. The summed E-state index contributed by atoms with van der Waals surface area (Å²) in [7, 11) is 1.55. The second-order valence-electron chi connectivity index (χ2n) is 4.25. The van der Waals surface area contributed by atoms with Crippen LogP contribution in [0.3, 0.4) is 0 Å². The maximum absolute atomic E-state index is 11.4. The molecule has 0 aliphatic carbocycles. The molecule has 1 saturated heterocycles. The van der Waals surface area contributed by atoms with Gasteiger partial charge < -0.3 is 20.1 Å². The van der Waals surface area contributed by atoms with Gasteiger partial charge in [-0.3, -0.25) is 4.79 Å². The molecule has 1 fully saturated rings. The first kappa shape index (κ1) is 13.2. The van der Waals surface area contributed by atoms with Crippen molar-refractivity contribution in [2.24, 2.45) is 0 Å². The molecule has 2 rings (SSSR count). The molecule has 0 spiro atoms. The molecule has 0 aromatic heterocycles. The third-order valence-corrected chi connectivity index (χ3v) is 2.78. The lowest BCUT2D eigenvalue weighted by molar-refractivity contribution is -0.138. The molecule has 19 heavy (non-hydrogen) atoms. The molecular weight excluding hydrogens is 248 g/mol. The zero-order valence-electron chi connectivity index (χ0n) is 10.9. The quantitative estimate of drug-likeness (QED) is 0.803. The molecule has 0 saturated carbocycles. The van der Waals surface area contributed by atoms with Crippen molar-refractivity contribution in [3.63, 3.8) is 0 Å². The third-order valence-electron chi connectivity index (χ3n) is 2.78. The van der Waals surface area contributed by atoms with Crippen LogP contribution in [0.4, 0.5) is 11.4 Å². The summed E-state index contributed by atoms with van der Waals surface area (Å²) in [5.74, 6) is 0.178. The average molecular weight is 264 g/mol. The number of cyclic esters (lactones) is 1. The lowest BCUT2D eigenvalue weighted by Gasteiger charge is -2.15. The molecule has 0 radical (unpaired) electrons. The van der Waals surface area contributed by atoms with Crippen LogP contribution < -0.4 is 15.4 Å². The molecule has 1 aromatic rings. The number of rotatable bonds is 4. The predicted octanol–water partition coefficient (Wildman–Crippen LogP) is 1.38. The number of ether oxygens (including phenoxy) is 2. The summed E-state index contributed by atoms with van der Waals surface area (Å²) in [4.78, 5) is 22.5. The van der Waals surface area contributed by atoms with Gasteiger partial charge >= 0.3 is 5.97 Å². The van der Waals surface area contributed by atoms with Crippen LogP contribution in [0.5, 0.6) is 5.75 Å². The van der Waals surface area contributed by atoms with Gasteiger partial charge in [0.2, 0.25) is 5.91 Å². The van der Waals surface area contributed by atoms with E-state index in [1.165, 1.54) is 6.92 Å². The number of amides is 1. The number of hydrogen-bond acceptors (Lipinski definition) is 5. The van der Waals surface area contributed by atoms with Gasteiger partial charge in [-0.05, 0) is 18.2 Å². The van der Waals surface area contributed by atoms with E-state index in [-0.39, 0.29) is 17.9 Å². The Labute approximate surface area is 111 Å². The lowest BCUT2D eigenvalue weighted by atomic mass is 10.2. The van der Waals surface area contributed by atoms with Crippen LogP contribution >= 0.6 is 0 Å². The Bertz CT molecular complexity index is 501. The molecule has 1 aliphatic rings. The van der Waals surface area contributed by atoms with Crippen molar-refractivity contribution in [3.8, 4) is 5.75 Å². The monoisotopic (exact) mass is 264 g/mol. The van der Waals surface area contributed by atoms with E-state index >= 15 is 0 Å². The average Bonchev–Trinajstić information content (AvgIpc) is 2.75. The molecular formula is C13H16N2O4. The van der Waals surface area contributed by atoms with E-state index in [9.17, 15) is 9.59 Å². The molecule has 102 valence electrons. The number of anilines is 2. The first-order valence-electron chi connectivity index (χ1n) is 5.99. The Morgan fingerprint density at radius 3 is 2.84 bits per heavy atom. The van der Waals surface area contributed by atoms with E-state index in [4.69, 9.17) is 9.47 Å². The van der Waals surface area contributed by atoms with Gasteiger partial charge in [0.05, 0.1) is 19.4 Å². The van der Waals surface area contributed by atoms with E-state index in [1.54, 1.807) is 25.3 Å². The third kappa shape index (κ3) is 3.15. The second kappa shape index (κ2) is 5.60. The number of carbonyl (C=O) groups is 2. The van der Waals surface area contributed by atoms with Crippen molar-refractivity contribution in [1.82, 2.24) is 0 Å². The summed E-state index contributed by atoms with van der Waals surface area (Å²) in [6.45, 7) is 1.86. The topological polar surface area (TPSA) is 76.7 Å². The van der Waals surface area contributed by atoms with Gasteiger partial charge in [0.15, 0.2) is 0 Å². The first-order chi connectivity index (χ1) is 9.10. The van der Waals surface area contributed by atoms with Gasteiger partial charge in [-0.15, -0.1) is 0 Å². The largest absolute Gasteiger partial charge is 0.495 e. The summed E-state index contributed by atoms with van der Waals surface area (Å²) in [6.07, 6.45) is 0.617. The van der Waals surface area contributed by atoms with Crippen molar-refractivity contribution < 1.29 is 19.1 Å². The first-order valence-corrected chi connectivity index (χ1v) is 5.99. The number of methoxy groups -OCH3 is 1. The van der Waals surface area contributed by atoms with Gasteiger partial charge in [-0.25, -0.2) is 4.79 Å². The Morgan fingerprint density at radius 1 is 1.47 bits per heavy atom. The molecule has 0 bridgehead atoms. The van der Waals surface area contributed by atoms with Crippen LogP contribution in [0.25, 0.3) is 0 Å². The fourth-order valence-corrected chi connectivity index (χ4v) is 1.92. The number of benzene rings is 1. The fraction of sp³-hybridized carbons (Fsp3) is 0.385. The van der Waals surface area contributed by atoms with Gasteiger partial charge in [0.1, 0.15) is 11.8 Å².